The summed E-state index contributed by atoms with van der Waals surface area (Å²) in [7, 11) is -1.85. The summed E-state index contributed by atoms with van der Waals surface area (Å²) in [5.41, 5.74) is 1.04. The highest BCUT2D eigenvalue weighted by Crippen LogP contribution is 2.35. The lowest BCUT2D eigenvalue weighted by molar-refractivity contribution is -0.116. The van der Waals surface area contributed by atoms with Gasteiger partial charge in [-0.3, -0.25) is 9.10 Å². The second-order valence-corrected chi connectivity index (χ2v) is 8.57. The Kier molecular flexibility index (Phi) is 6.05. The topological polar surface area (TPSA) is 80.6 Å². The monoisotopic (exact) mass is 391 g/mol. The maximum absolute atomic E-state index is 12.4. The molecule has 0 radical (unpaired) electrons. The molecule has 1 aliphatic heterocycles. The fraction of sp³-hybridized carbons (Fsp3) is 0.421. The molecule has 2 aromatic rings. The normalized spacial score (nSPS) is 16.1. The Morgan fingerprint density at radius 3 is 2.70 bits per heavy atom. The molecule has 2 heterocycles. The van der Waals surface area contributed by atoms with Crippen LogP contribution in [0.1, 0.15) is 25.7 Å². The zero-order chi connectivity index (χ0) is 19.3. The smallest absolute Gasteiger partial charge is 0.235 e. The quantitative estimate of drug-likeness (QED) is 0.787. The van der Waals surface area contributed by atoms with Gasteiger partial charge in [0.25, 0.3) is 0 Å². The van der Waals surface area contributed by atoms with Gasteiger partial charge in [0.1, 0.15) is 5.75 Å². The first-order valence-corrected chi connectivity index (χ1v) is 10.7. The highest BCUT2D eigenvalue weighted by atomic mass is 32.2. The van der Waals surface area contributed by atoms with Crippen LogP contribution >= 0.6 is 0 Å². The van der Waals surface area contributed by atoms with Gasteiger partial charge in [-0.05, 0) is 49.6 Å². The third-order valence-electron chi connectivity index (χ3n) is 4.57. The maximum atomic E-state index is 12.4. The Balaban J connectivity index is 1.68. The van der Waals surface area contributed by atoms with Crippen LogP contribution in [0.4, 0.5) is 11.4 Å². The van der Waals surface area contributed by atoms with Crippen molar-refractivity contribution in [2.24, 2.45) is 0 Å². The van der Waals surface area contributed by atoms with Crippen LogP contribution in [-0.4, -0.2) is 38.3 Å². The van der Waals surface area contributed by atoms with Crippen molar-refractivity contribution in [2.75, 3.05) is 29.0 Å². The first-order chi connectivity index (χ1) is 13.0. The van der Waals surface area contributed by atoms with Gasteiger partial charge in [0, 0.05) is 37.6 Å². The van der Waals surface area contributed by atoms with Crippen LogP contribution in [0.2, 0.25) is 0 Å². The molecule has 8 heteroatoms. The second kappa shape index (κ2) is 8.47. The predicted molar refractivity (Wildman–Crippen MR) is 106 cm³/mol. The average molecular weight is 391 g/mol. The summed E-state index contributed by atoms with van der Waals surface area (Å²) in [6, 6.07) is 8.99. The first kappa shape index (κ1) is 19.3. The number of nitrogens with one attached hydrogen (secondary N) is 1. The summed E-state index contributed by atoms with van der Waals surface area (Å²) < 4.78 is 33.6. The minimum atomic E-state index is -3.36. The number of carbonyl (C=O) groups excluding carboxylic acids is 1. The number of sulfonamides is 1. The molecule has 1 fully saturated rings. The molecule has 27 heavy (non-hydrogen) atoms. The fourth-order valence-electron chi connectivity index (χ4n) is 3.19. The van der Waals surface area contributed by atoms with Gasteiger partial charge in [-0.2, -0.15) is 0 Å². The van der Waals surface area contributed by atoms with Crippen molar-refractivity contribution in [1.29, 1.82) is 0 Å². The van der Waals surface area contributed by atoms with E-state index in [0.717, 1.165) is 19.4 Å². The Labute approximate surface area is 160 Å². The molecule has 7 nitrogen and oxygen atoms in total. The van der Waals surface area contributed by atoms with Crippen LogP contribution in [0, 0.1) is 0 Å². The van der Waals surface area contributed by atoms with E-state index in [-0.39, 0.29) is 11.7 Å². The van der Waals surface area contributed by atoms with Gasteiger partial charge < -0.3 is 14.6 Å². The number of hydrogen-bond acceptors (Lipinski definition) is 4. The lowest BCUT2D eigenvalue weighted by atomic mass is 10.2. The molecular weight excluding hydrogens is 366 g/mol. The van der Waals surface area contributed by atoms with Crippen LogP contribution in [0.5, 0.6) is 5.75 Å². The predicted octanol–water partition coefficient (Wildman–Crippen LogP) is 2.85. The van der Waals surface area contributed by atoms with E-state index in [1.807, 2.05) is 29.1 Å². The van der Waals surface area contributed by atoms with E-state index in [4.69, 9.17) is 4.74 Å². The number of carbonyl (C=O) groups is 1. The third-order valence-corrected chi connectivity index (χ3v) is 6.42. The molecule has 1 aromatic carbocycles. The van der Waals surface area contributed by atoms with Crippen molar-refractivity contribution in [1.82, 2.24) is 4.57 Å². The summed E-state index contributed by atoms with van der Waals surface area (Å²) in [5, 5.41) is 2.85. The van der Waals surface area contributed by atoms with Crippen LogP contribution in [0.15, 0.2) is 42.7 Å². The highest BCUT2D eigenvalue weighted by molar-refractivity contribution is 7.92. The largest absolute Gasteiger partial charge is 0.495 e. The number of hydrogen-bond donors (Lipinski definition) is 1. The van der Waals surface area contributed by atoms with Gasteiger partial charge in [-0.15, -0.1) is 0 Å². The van der Waals surface area contributed by atoms with Gasteiger partial charge in [-0.25, -0.2) is 8.42 Å². The molecule has 146 valence electrons. The maximum Gasteiger partial charge on any atom is 0.235 e. The van der Waals surface area contributed by atoms with Gasteiger partial charge in [-0.1, -0.05) is 0 Å². The molecule has 1 aliphatic rings. The van der Waals surface area contributed by atoms with Gasteiger partial charge in [0.15, 0.2) is 0 Å². The SMILES string of the molecule is COc1ccc(NC(=O)CCCn2cccc2)cc1N1CCCCS1(=O)=O. The molecule has 0 unspecified atom stereocenters. The van der Waals surface area contributed by atoms with Gasteiger partial charge in [0.05, 0.1) is 18.6 Å². The number of nitrogens with zero attached hydrogens (tertiary/aromatic N) is 2. The molecule has 0 bridgehead atoms. The van der Waals surface area contributed by atoms with Gasteiger partial charge >= 0.3 is 0 Å². The molecule has 0 atom stereocenters. The minimum absolute atomic E-state index is 0.0974. The lowest BCUT2D eigenvalue weighted by Crippen LogP contribution is -2.38. The number of rotatable bonds is 7. The molecular formula is C19H25N3O4S. The number of methoxy groups -OCH3 is 1. The average Bonchev–Trinajstić information content (AvgIpc) is 3.15. The lowest BCUT2D eigenvalue weighted by Gasteiger charge is -2.29. The fourth-order valence-corrected chi connectivity index (χ4v) is 4.83. The van der Waals surface area contributed by atoms with E-state index >= 15 is 0 Å². The first-order valence-electron chi connectivity index (χ1n) is 9.09. The molecule has 3 rings (SSSR count). The van der Waals surface area contributed by atoms with Crippen molar-refractivity contribution in [2.45, 2.75) is 32.2 Å². The van der Waals surface area contributed by atoms with Crippen molar-refractivity contribution in [3.8, 4) is 5.75 Å². The molecule has 1 N–H and O–H groups in total. The zero-order valence-electron chi connectivity index (χ0n) is 15.4. The molecule has 1 saturated heterocycles. The van der Waals surface area contributed by atoms with E-state index in [1.54, 1.807) is 18.2 Å². The van der Waals surface area contributed by atoms with Gasteiger partial charge in [0.2, 0.25) is 15.9 Å². The van der Waals surface area contributed by atoms with E-state index in [9.17, 15) is 13.2 Å². The van der Waals surface area contributed by atoms with E-state index in [2.05, 4.69) is 5.32 Å². The minimum Gasteiger partial charge on any atom is -0.495 e. The van der Waals surface area contributed by atoms with E-state index < -0.39 is 10.0 Å². The van der Waals surface area contributed by atoms with Crippen molar-refractivity contribution < 1.29 is 17.9 Å². The zero-order valence-corrected chi connectivity index (χ0v) is 16.2. The standard InChI is InChI=1S/C19H25N3O4S/c1-26-18-9-8-16(15-17(18)22-13-4-5-14-27(22,24)25)20-19(23)7-6-12-21-10-2-3-11-21/h2-3,8-11,15H,4-7,12-14H2,1H3,(H,20,23). The molecule has 1 aromatic heterocycles. The highest BCUT2D eigenvalue weighted by Gasteiger charge is 2.28. The van der Waals surface area contributed by atoms with Crippen molar-refractivity contribution >= 4 is 27.3 Å². The molecule has 0 saturated carbocycles. The van der Waals surface area contributed by atoms with Crippen LogP contribution < -0.4 is 14.4 Å². The summed E-state index contributed by atoms with van der Waals surface area (Å²) >= 11 is 0. The number of anilines is 2. The summed E-state index contributed by atoms with van der Waals surface area (Å²) in [5.74, 6) is 0.512. The van der Waals surface area contributed by atoms with E-state index in [1.165, 1.54) is 11.4 Å². The molecule has 0 spiro atoms. The Morgan fingerprint density at radius 1 is 1.22 bits per heavy atom. The van der Waals surface area contributed by atoms with Crippen LogP contribution in [0.25, 0.3) is 0 Å². The number of amides is 1. The summed E-state index contributed by atoms with van der Waals surface area (Å²) in [6.07, 6.45) is 6.52. The Hall–Kier alpha value is -2.48. The van der Waals surface area contributed by atoms with Crippen LogP contribution in [0.3, 0.4) is 0 Å². The number of aromatic nitrogens is 1. The third kappa shape index (κ3) is 4.82. The summed E-state index contributed by atoms with van der Waals surface area (Å²) in [4.78, 5) is 12.2. The Bertz CT molecular complexity index is 878. The van der Waals surface area contributed by atoms with Crippen molar-refractivity contribution in [3.63, 3.8) is 0 Å². The molecule has 0 aliphatic carbocycles. The number of benzene rings is 1. The van der Waals surface area contributed by atoms with E-state index in [0.29, 0.717) is 36.5 Å². The summed E-state index contributed by atoms with van der Waals surface area (Å²) in [6.45, 7) is 1.20. The number of aryl methyl sites for hydroxylation is 1. The number of ether oxygens (including phenoxy) is 1. The molecule has 1 amide bonds. The second-order valence-electron chi connectivity index (χ2n) is 6.55. The Morgan fingerprint density at radius 2 is 2.00 bits per heavy atom. The van der Waals surface area contributed by atoms with Crippen LogP contribution in [-0.2, 0) is 21.4 Å². The van der Waals surface area contributed by atoms with Crippen molar-refractivity contribution in [3.05, 3.63) is 42.7 Å².